The van der Waals surface area contributed by atoms with Crippen LogP contribution in [0, 0.1) is 16.0 Å². The number of nitro groups is 1. The van der Waals surface area contributed by atoms with Crippen LogP contribution in [0.5, 0.6) is 5.75 Å². The molecule has 0 amide bonds. The standard InChI is InChI=1S/C19H19N3O4S/c1-10-3-8-14-15(9-10)27-19-16(14)18(23)20-17(21-19)11(2)26-13-6-4-12(5-7-13)22(24)25/h4-7,10-11H,3,8-9H2,1-2H3,(H,20,21,23)/t10-,11-/m1/s1. The van der Waals surface area contributed by atoms with E-state index in [1.165, 1.54) is 29.1 Å². The highest BCUT2D eigenvalue weighted by Gasteiger charge is 2.24. The zero-order chi connectivity index (χ0) is 19.1. The smallest absolute Gasteiger partial charge is 0.269 e. The van der Waals surface area contributed by atoms with E-state index in [0.29, 0.717) is 22.9 Å². The van der Waals surface area contributed by atoms with Crippen LogP contribution in [0.3, 0.4) is 0 Å². The quantitative estimate of drug-likeness (QED) is 0.537. The van der Waals surface area contributed by atoms with Crippen molar-refractivity contribution < 1.29 is 9.66 Å². The Labute approximate surface area is 159 Å². The van der Waals surface area contributed by atoms with E-state index in [4.69, 9.17) is 4.74 Å². The van der Waals surface area contributed by atoms with E-state index in [-0.39, 0.29) is 11.2 Å². The maximum Gasteiger partial charge on any atom is 0.269 e. The van der Waals surface area contributed by atoms with Gasteiger partial charge in [-0.15, -0.1) is 11.3 Å². The molecule has 2 aromatic heterocycles. The fourth-order valence-corrected chi connectivity index (χ4v) is 4.85. The number of ether oxygens (including phenoxy) is 1. The first-order chi connectivity index (χ1) is 12.9. The Kier molecular flexibility index (Phi) is 4.43. The van der Waals surface area contributed by atoms with Gasteiger partial charge in [-0.2, -0.15) is 0 Å². The topological polar surface area (TPSA) is 98.1 Å². The molecule has 1 aliphatic carbocycles. The first kappa shape index (κ1) is 17.7. The third kappa shape index (κ3) is 3.32. The van der Waals surface area contributed by atoms with Crippen molar-refractivity contribution in [2.75, 3.05) is 0 Å². The van der Waals surface area contributed by atoms with E-state index in [1.54, 1.807) is 18.3 Å². The minimum absolute atomic E-state index is 0.00125. The predicted octanol–water partition coefficient (Wildman–Crippen LogP) is 4.16. The van der Waals surface area contributed by atoms with Crippen LogP contribution in [0.15, 0.2) is 29.1 Å². The number of nitrogens with zero attached hydrogens (tertiary/aromatic N) is 2. The molecule has 0 radical (unpaired) electrons. The number of hydrogen-bond donors (Lipinski definition) is 1. The first-order valence-corrected chi connectivity index (χ1v) is 9.69. The Morgan fingerprint density at radius 2 is 2.11 bits per heavy atom. The van der Waals surface area contributed by atoms with E-state index in [2.05, 4.69) is 16.9 Å². The number of hydrogen-bond acceptors (Lipinski definition) is 6. The molecule has 2 atom stereocenters. The van der Waals surface area contributed by atoms with Crippen LogP contribution in [0.4, 0.5) is 5.69 Å². The Bertz CT molecular complexity index is 1070. The Balaban J connectivity index is 1.63. The second-order valence-corrected chi connectivity index (χ2v) is 8.08. The fraction of sp³-hybridized carbons (Fsp3) is 0.368. The minimum Gasteiger partial charge on any atom is -0.483 e. The summed E-state index contributed by atoms with van der Waals surface area (Å²) in [6.45, 7) is 4.03. The monoisotopic (exact) mass is 385 g/mol. The summed E-state index contributed by atoms with van der Waals surface area (Å²) in [6.07, 6.45) is 2.54. The predicted molar refractivity (Wildman–Crippen MR) is 104 cm³/mol. The van der Waals surface area contributed by atoms with Gasteiger partial charge in [0.2, 0.25) is 0 Å². The van der Waals surface area contributed by atoms with Crippen molar-refractivity contribution in [3.63, 3.8) is 0 Å². The van der Waals surface area contributed by atoms with Crippen molar-refractivity contribution in [3.05, 3.63) is 61.0 Å². The average Bonchev–Trinajstić information content (AvgIpc) is 2.99. The van der Waals surface area contributed by atoms with E-state index in [0.717, 1.165) is 29.7 Å². The van der Waals surface area contributed by atoms with Gasteiger partial charge in [0.15, 0.2) is 11.9 Å². The number of non-ortho nitro benzene ring substituents is 1. The van der Waals surface area contributed by atoms with Gasteiger partial charge >= 0.3 is 0 Å². The molecule has 1 aliphatic rings. The Morgan fingerprint density at radius 1 is 1.37 bits per heavy atom. The lowest BCUT2D eigenvalue weighted by molar-refractivity contribution is -0.384. The van der Waals surface area contributed by atoms with Crippen molar-refractivity contribution in [3.8, 4) is 5.75 Å². The maximum absolute atomic E-state index is 12.7. The lowest BCUT2D eigenvalue weighted by atomic mass is 9.89. The highest BCUT2D eigenvalue weighted by Crippen LogP contribution is 2.36. The van der Waals surface area contributed by atoms with Crippen molar-refractivity contribution >= 4 is 27.2 Å². The van der Waals surface area contributed by atoms with Gasteiger partial charge < -0.3 is 9.72 Å². The van der Waals surface area contributed by atoms with Crippen LogP contribution in [-0.4, -0.2) is 14.9 Å². The summed E-state index contributed by atoms with van der Waals surface area (Å²) in [6, 6.07) is 5.85. The molecular formula is C19H19N3O4S. The van der Waals surface area contributed by atoms with Crippen molar-refractivity contribution in [2.24, 2.45) is 5.92 Å². The molecule has 1 N–H and O–H groups in total. The molecule has 3 aromatic rings. The van der Waals surface area contributed by atoms with Gasteiger partial charge in [-0.25, -0.2) is 4.98 Å². The van der Waals surface area contributed by atoms with E-state index >= 15 is 0 Å². The molecule has 0 bridgehead atoms. The lowest BCUT2D eigenvalue weighted by Crippen LogP contribution is -2.17. The van der Waals surface area contributed by atoms with Gasteiger partial charge in [0.05, 0.1) is 10.3 Å². The first-order valence-electron chi connectivity index (χ1n) is 8.88. The highest BCUT2D eigenvalue weighted by atomic mass is 32.1. The summed E-state index contributed by atoms with van der Waals surface area (Å²) in [5, 5.41) is 11.5. The average molecular weight is 385 g/mol. The number of aromatic amines is 1. The van der Waals surface area contributed by atoms with Crippen LogP contribution in [0.2, 0.25) is 0 Å². The summed E-state index contributed by atoms with van der Waals surface area (Å²) in [7, 11) is 0. The molecule has 27 heavy (non-hydrogen) atoms. The van der Waals surface area contributed by atoms with E-state index in [9.17, 15) is 14.9 Å². The van der Waals surface area contributed by atoms with Crippen LogP contribution >= 0.6 is 11.3 Å². The Hall–Kier alpha value is -2.74. The molecule has 4 rings (SSSR count). The molecule has 2 heterocycles. The van der Waals surface area contributed by atoms with E-state index in [1.807, 2.05) is 0 Å². The zero-order valence-electron chi connectivity index (χ0n) is 15.0. The van der Waals surface area contributed by atoms with Gasteiger partial charge in [0, 0.05) is 17.0 Å². The van der Waals surface area contributed by atoms with E-state index < -0.39 is 11.0 Å². The molecule has 8 heteroatoms. The fourth-order valence-electron chi connectivity index (χ4n) is 3.46. The van der Waals surface area contributed by atoms with Crippen molar-refractivity contribution in [2.45, 2.75) is 39.2 Å². The molecule has 0 fully saturated rings. The van der Waals surface area contributed by atoms with Crippen LogP contribution in [0.25, 0.3) is 10.2 Å². The number of rotatable bonds is 4. The third-order valence-corrected chi connectivity index (χ3v) is 6.08. The number of nitro benzene ring substituents is 1. The zero-order valence-corrected chi connectivity index (χ0v) is 15.8. The molecule has 7 nitrogen and oxygen atoms in total. The van der Waals surface area contributed by atoms with Gasteiger partial charge in [-0.3, -0.25) is 14.9 Å². The normalized spacial score (nSPS) is 17.5. The number of aryl methyl sites for hydroxylation is 1. The molecule has 0 saturated heterocycles. The number of benzene rings is 1. The Morgan fingerprint density at radius 3 is 2.81 bits per heavy atom. The van der Waals surface area contributed by atoms with Gasteiger partial charge in [0.1, 0.15) is 10.6 Å². The maximum atomic E-state index is 12.7. The highest BCUT2D eigenvalue weighted by molar-refractivity contribution is 7.18. The molecule has 0 saturated carbocycles. The number of thiophene rings is 1. The van der Waals surface area contributed by atoms with Gasteiger partial charge in [-0.1, -0.05) is 6.92 Å². The summed E-state index contributed by atoms with van der Waals surface area (Å²) < 4.78 is 5.81. The van der Waals surface area contributed by atoms with Crippen molar-refractivity contribution in [1.29, 1.82) is 0 Å². The number of aromatic nitrogens is 2. The summed E-state index contributed by atoms with van der Waals surface area (Å²) in [5.74, 6) is 1.57. The molecule has 0 aliphatic heterocycles. The van der Waals surface area contributed by atoms with Crippen LogP contribution < -0.4 is 10.3 Å². The molecule has 0 unspecified atom stereocenters. The van der Waals surface area contributed by atoms with Gasteiger partial charge in [0.25, 0.3) is 11.2 Å². The summed E-state index contributed by atoms with van der Waals surface area (Å²) >= 11 is 1.60. The largest absolute Gasteiger partial charge is 0.483 e. The van der Waals surface area contributed by atoms with Crippen LogP contribution in [-0.2, 0) is 12.8 Å². The second-order valence-electron chi connectivity index (χ2n) is 6.99. The lowest BCUT2D eigenvalue weighted by Gasteiger charge is -2.17. The number of nitrogens with one attached hydrogen (secondary N) is 1. The molecule has 140 valence electrons. The molecular weight excluding hydrogens is 366 g/mol. The SMILES string of the molecule is C[C@@H]1CCc2c(sc3nc([C@@H](C)Oc4ccc([N+](=O)[O-])cc4)[nH]c(=O)c23)C1. The van der Waals surface area contributed by atoms with Crippen LogP contribution in [0.1, 0.15) is 42.6 Å². The van der Waals surface area contributed by atoms with Gasteiger partial charge in [-0.05, 0) is 49.8 Å². The number of H-pyrrole nitrogens is 1. The minimum atomic E-state index is -0.485. The second kappa shape index (κ2) is 6.77. The summed E-state index contributed by atoms with van der Waals surface area (Å²) in [5.41, 5.74) is 1.03. The molecule has 1 aromatic carbocycles. The third-order valence-electron chi connectivity index (χ3n) is 4.93. The number of fused-ring (bicyclic) bond motifs is 3. The van der Waals surface area contributed by atoms with Crippen molar-refractivity contribution in [1.82, 2.24) is 9.97 Å². The summed E-state index contributed by atoms with van der Waals surface area (Å²) in [4.78, 5) is 32.5. The molecule has 0 spiro atoms.